The van der Waals surface area contributed by atoms with Gasteiger partial charge in [0.2, 0.25) is 5.91 Å². The quantitative estimate of drug-likeness (QED) is 0.415. The summed E-state index contributed by atoms with van der Waals surface area (Å²) in [6, 6.07) is 13.8. The second-order valence-corrected chi connectivity index (χ2v) is 5.61. The minimum atomic E-state index is -0.447. The molecule has 2 amide bonds. The number of methoxy groups -OCH3 is 2. The minimum Gasteiger partial charge on any atom is -0.497 e. The zero-order chi connectivity index (χ0) is 19.6. The summed E-state index contributed by atoms with van der Waals surface area (Å²) in [6.07, 6.45) is 2.92. The number of hydrogen-bond acceptors (Lipinski definition) is 5. The monoisotopic (exact) mass is 385 g/mol. The smallest absolute Gasteiger partial charge is 0.269 e. The van der Waals surface area contributed by atoms with Crippen LogP contribution in [0.25, 0.3) is 6.08 Å². The van der Waals surface area contributed by atoms with Crippen LogP contribution in [0.4, 0.5) is 0 Å². The molecule has 0 unspecified atom stereocenters. The van der Waals surface area contributed by atoms with Crippen LogP contribution < -0.4 is 25.6 Å². The lowest BCUT2D eigenvalue weighted by molar-refractivity contribution is -0.115. The third kappa shape index (κ3) is 6.12. The Morgan fingerprint density at radius 1 is 0.963 bits per heavy atom. The summed E-state index contributed by atoms with van der Waals surface area (Å²) in [5.74, 6) is 0.439. The standard InChI is InChI=1S/C19H19N3O4S/c1-25-15-10-7-14(8-11-15)18(24)21-22-19(27)20-17(23)12-9-13-5-3-4-6-16(13)26-2/h3-12H,1-2H3,(H,21,24)(H2,20,22,23,27). The molecule has 140 valence electrons. The van der Waals surface area contributed by atoms with Gasteiger partial charge in [0, 0.05) is 17.2 Å². The molecule has 0 aliphatic carbocycles. The molecule has 0 saturated carbocycles. The van der Waals surface area contributed by atoms with Crippen LogP contribution in [-0.4, -0.2) is 31.1 Å². The van der Waals surface area contributed by atoms with Crippen molar-refractivity contribution in [3.63, 3.8) is 0 Å². The molecular weight excluding hydrogens is 366 g/mol. The summed E-state index contributed by atoms with van der Waals surface area (Å²) in [5, 5.41) is 2.40. The lowest BCUT2D eigenvalue weighted by atomic mass is 10.2. The predicted molar refractivity (Wildman–Crippen MR) is 106 cm³/mol. The van der Waals surface area contributed by atoms with E-state index in [0.717, 1.165) is 5.56 Å². The normalized spacial score (nSPS) is 10.1. The molecule has 27 heavy (non-hydrogen) atoms. The maximum Gasteiger partial charge on any atom is 0.269 e. The van der Waals surface area contributed by atoms with Gasteiger partial charge in [0.1, 0.15) is 11.5 Å². The van der Waals surface area contributed by atoms with Gasteiger partial charge in [-0.3, -0.25) is 25.8 Å². The molecule has 7 nitrogen and oxygen atoms in total. The average Bonchev–Trinajstić information content (AvgIpc) is 2.70. The minimum absolute atomic E-state index is 0.0356. The molecule has 0 fully saturated rings. The van der Waals surface area contributed by atoms with Crippen LogP contribution in [0.15, 0.2) is 54.6 Å². The van der Waals surface area contributed by atoms with E-state index in [0.29, 0.717) is 17.1 Å². The summed E-state index contributed by atoms with van der Waals surface area (Å²) in [7, 11) is 3.09. The Labute approximate surface area is 162 Å². The third-order valence-electron chi connectivity index (χ3n) is 3.43. The van der Waals surface area contributed by atoms with Crippen LogP contribution in [0.3, 0.4) is 0 Å². The number of hydrogen-bond donors (Lipinski definition) is 3. The van der Waals surface area contributed by atoms with Crippen LogP contribution in [0.2, 0.25) is 0 Å². The molecule has 0 radical (unpaired) electrons. The molecule has 2 rings (SSSR count). The molecule has 0 bridgehead atoms. The zero-order valence-electron chi connectivity index (χ0n) is 14.8. The number of benzene rings is 2. The lowest BCUT2D eigenvalue weighted by Gasteiger charge is -2.10. The molecule has 2 aromatic carbocycles. The first kappa shape index (κ1) is 19.9. The Morgan fingerprint density at radius 3 is 2.33 bits per heavy atom. The molecule has 0 heterocycles. The van der Waals surface area contributed by atoms with Gasteiger partial charge < -0.3 is 9.47 Å². The van der Waals surface area contributed by atoms with E-state index in [4.69, 9.17) is 21.7 Å². The maximum atomic E-state index is 12.0. The van der Waals surface area contributed by atoms with Gasteiger partial charge in [-0.15, -0.1) is 0 Å². The van der Waals surface area contributed by atoms with Gasteiger partial charge >= 0.3 is 0 Å². The highest BCUT2D eigenvalue weighted by atomic mass is 32.1. The highest BCUT2D eigenvalue weighted by molar-refractivity contribution is 7.80. The topological polar surface area (TPSA) is 88.7 Å². The van der Waals surface area contributed by atoms with Crippen molar-refractivity contribution in [3.8, 4) is 11.5 Å². The number of nitrogens with one attached hydrogen (secondary N) is 3. The number of rotatable bonds is 5. The summed E-state index contributed by atoms with van der Waals surface area (Å²) in [5.41, 5.74) is 6.04. The predicted octanol–water partition coefficient (Wildman–Crippen LogP) is 2.05. The number of amides is 2. The number of carbonyl (C=O) groups excluding carboxylic acids is 2. The highest BCUT2D eigenvalue weighted by Gasteiger charge is 2.07. The first-order valence-corrected chi connectivity index (χ1v) is 8.30. The van der Waals surface area contributed by atoms with E-state index < -0.39 is 11.8 Å². The van der Waals surface area contributed by atoms with Crippen molar-refractivity contribution in [2.75, 3.05) is 14.2 Å². The lowest BCUT2D eigenvalue weighted by Crippen LogP contribution is -2.48. The molecule has 0 saturated heterocycles. The summed E-state index contributed by atoms with van der Waals surface area (Å²) >= 11 is 4.98. The molecule has 0 aliphatic rings. The maximum absolute atomic E-state index is 12.0. The molecular formula is C19H19N3O4S. The van der Waals surface area contributed by atoms with E-state index in [2.05, 4.69) is 16.2 Å². The van der Waals surface area contributed by atoms with Crippen molar-refractivity contribution in [2.24, 2.45) is 0 Å². The average molecular weight is 385 g/mol. The number of hydrazine groups is 1. The van der Waals surface area contributed by atoms with Crippen LogP contribution in [0.1, 0.15) is 15.9 Å². The second kappa shape index (κ2) is 9.93. The van der Waals surface area contributed by atoms with E-state index in [1.54, 1.807) is 50.6 Å². The number of thiocarbonyl (C=S) groups is 1. The first-order chi connectivity index (χ1) is 13.0. The van der Waals surface area contributed by atoms with Gasteiger partial charge in [-0.05, 0) is 48.6 Å². The van der Waals surface area contributed by atoms with Gasteiger partial charge in [-0.2, -0.15) is 0 Å². The SMILES string of the molecule is COc1ccc(C(=O)NNC(=S)NC(=O)C=Cc2ccccc2OC)cc1. The van der Waals surface area contributed by atoms with E-state index in [1.165, 1.54) is 6.08 Å². The van der Waals surface area contributed by atoms with Crippen LogP contribution >= 0.6 is 12.2 Å². The van der Waals surface area contributed by atoms with Gasteiger partial charge in [-0.1, -0.05) is 18.2 Å². The van der Waals surface area contributed by atoms with E-state index >= 15 is 0 Å². The first-order valence-electron chi connectivity index (χ1n) is 7.90. The van der Waals surface area contributed by atoms with E-state index in [-0.39, 0.29) is 5.11 Å². The van der Waals surface area contributed by atoms with Crippen LogP contribution in [0, 0.1) is 0 Å². The fraction of sp³-hybridized carbons (Fsp3) is 0.105. The zero-order valence-corrected chi connectivity index (χ0v) is 15.6. The Hall–Kier alpha value is -3.39. The highest BCUT2D eigenvalue weighted by Crippen LogP contribution is 2.18. The molecule has 0 atom stereocenters. The summed E-state index contributed by atoms with van der Waals surface area (Å²) < 4.78 is 10.2. The van der Waals surface area contributed by atoms with E-state index in [1.807, 2.05) is 18.2 Å². The fourth-order valence-corrected chi connectivity index (χ4v) is 2.23. The van der Waals surface area contributed by atoms with Crippen molar-refractivity contribution in [2.45, 2.75) is 0 Å². The van der Waals surface area contributed by atoms with Crippen molar-refractivity contribution in [1.29, 1.82) is 0 Å². The Balaban J connectivity index is 1.83. The molecule has 0 aromatic heterocycles. The molecule has 3 N–H and O–H groups in total. The van der Waals surface area contributed by atoms with Crippen LogP contribution in [-0.2, 0) is 4.79 Å². The molecule has 2 aromatic rings. The second-order valence-electron chi connectivity index (χ2n) is 5.20. The van der Waals surface area contributed by atoms with Gasteiger partial charge in [-0.25, -0.2) is 0 Å². The van der Waals surface area contributed by atoms with E-state index in [9.17, 15) is 9.59 Å². The third-order valence-corrected chi connectivity index (χ3v) is 3.64. The van der Waals surface area contributed by atoms with Crippen molar-refractivity contribution in [1.82, 2.24) is 16.2 Å². The van der Waals surface area contributed by atoms with Gasteiger partial charge in [0.05, 0.1) is 14.2 Å². The van der Waals surface area contributed by atoms with Gasteiger partial charge in [0.15, 0.2) is 5.11 Å². The Kier molecular flexibility index (Phi) is 7.33. The fourth-order valence-electron chi connectivity index (χ4n) is 2.08. The van der Waals surface area contributed by atoms with Crippen LogP contribution in [0.5, 0.6) is 11.5 Å². The number of ether oxygens (including phenoxy) is 2. The van der Waals surface area contributed by atoms with Crippen molar-refractivity contribution in [3.05, 3.63) is 65.7 Å². The molecule has 0 spiro atoms. The number of carbonyl (C=O) groups is 2. The number of para-hydroxylation sites is 1. The van der Waals surface area contributed by atoms with Crippen molar-refractivity contribution >= 4 is 35.2 Å². The Morgan fingerprint density at radius 2 is 1.67 bits per heavy atom. The van der Waals surface area contributed by atoms with Gasteiger partial charge in [0.25, 0.3) is 5.91 Å². The summed E-state index contributed by atoms with van der Waals surface area (Å²) in [4.78, 5) is 23.9. The summed E-state index contributed by atoms with van der Waals surface area (Å²) in [6.45, 7) is 0. The largest absolute Gasteiger partial charge is 0.497 e. The Bertz CT molecular complexity index is 850. The molecule has 8 heteroatoms. The van der Waals surface area contributed by atoms with Crippen molar-refractivity contribution < 1.29 is 19.1 Å². The molecule has 0 aliphatic heterocycles.